The van der Waals surface area contributed by atoms with Crippen molar-refractivity contribution in [2.75, 3.05) is 19.5 Å². The van der Waals surface area contributed by atoms with Crippen LogP contribution in [0.2, 0.25) is 0 Å². The highest BCUT2D eigenvalue weighted by Crippen LogP contribution is 2.20. The Balaban J connectivity index is 2.26. The fourth-order valence-electron chi connectivity index (χ4n) is 1.90. The van der Waals surface area contributed by atoms with E-state index < -0.39 is 17.8 Å². The second-order valence-electron chi connectivity index (χ2n) is 4.58. The highest BCUT2D eigenvalue weighted by atomic mass is 16.5. The molecule has 1 N–H and O–H groups in total. The zero-order valence-corrected chi connectivity index (χ0v) is 13.1. The third kappa shape index (κ3) is 4.10. The number of hydrogen-bond donors (Lipinski definition) is 1. The summed E-state index contributed by atoms with van der Waals surface area (Å²) in [6.45, 7) is 0. The molecule has 2 aromatic rings. The highest BCUT2D eigenvalue weighted by molar-refractivity contribution is 6.07. The van der Waals surface area contributed by atoms with Gasteiger partial charge in [-0.05, 0) is 36.4 Å². The fraction of sp³-hybridized carbons (Fsp3) is 0.118. The van der Waals surface area contributed by atoms with Gasteiger partial charge in [0.1, 0.15) is 5.76 Å². The SMILES string of the molecule is COC(=O)c1ccc(C(=O)OC)c(NC(=O)C=Cc2ccco2)c1. The monoisotopic (exact) mass is 329 g/mol. The number of esters is 2. The largest absolute Gasteiger partial charge is 0.465 e. The number of nitrogens with one attached hydrogen (secondary N) is 1. The average Bonchev–Trinajstić information content (AvgIpc) is 3.12. The molecule has 0 atom stereocenters. The van der Waals surface area contributed by atoms with Crippen LogP contribution in [0.5, 0.6) is 0 Å². The van der Waals surface area contributed by atoms with Crippen molar-refractivity contribution < 1.29 is 28.3 Å². The standard InChI is InChI=1S/C17H15NO6/c1-22-16(20)11-5-7-13(17(21)23-2)14(10-11)18-15(19)8-6-12-4-3-9-24-12/h3-10H,1-2H3,(H,18,19). The molecule has 0 aliphatic heterocycles. The Morgan fingerprint density at radius 1 is 1.08 bits per heavy atom. The lowest BCUT2D eigenvalue weighted by Crippen LogP contribution is -2.14. The van der Waals surface area contributed by atoms with Crippen LogP contribution in [0.4, 0.5) is 5.69 Å². The van der Waals surface area contributed by atoms with Crippen LogP contribution in [-0.2, 0) is 14.3 Å². The molecule has 0 radical (unpaired) electrons. The van der Waals surface area contributed by atoms with Gasteiger partial charge in [0, 0.05) is 6.08 Å². The molecule has 7 heteroatoms. The van der Waals surface area contributed by atoms with Gasteiger partial charge in [-0.15, -0.1) is 0 Å². The van der Waals surface area contributed by atoms with Crippen molar-refractivity contribution >= 4 is 29.6 Å². The summed E-state index contributed by atoms with van der Waals surface area (Å²) in [4.78, 5) is 35.4. The molecule has 2 rings (SSSR count). The van der Waals surface area contributed by atoms with E-state index in [0.717, 1.165) is 0 Å². The van der Waals surface area contributed by atoms with Crippen LogP contribution in [0.3, 0.4) is 0 Å². The number of hydrogen-bond acceptors (Lipinski definition) is 6. The predicted octanol–water partition coefficient (Wildman–Crippen LogP) is 2.50. The Morgan fingerprint density at radius 3 is 2.46 bits per heavy atom. The first-order valence-electron chi connectivity index (χ1n) is 6.88. The summed E-state index contributed by atoms with van der Waals surface area (Å²) in [5, 5.41) is 2.53. The number of methoxy groups -OCH3 is 2. The van der Waals surface area contributed by atoms with Crippen LogP contribution in [-0.4, -0.2) is 32.1 Å². The number of carbonyl (C=O) groups is 3. The van der Waals surface area contributed by atoms with E-state index in [1.54, 1.807) is 12.1 Å². The number of anilines is 1. The Morgan fingerprint density at radius 2 is 1.83 bits per heavy atom. The quantitative estimate of drug-likeness (QED) is 0.669. The molecule has 0 saturated carbocycles. The molecule has 1 aromatic heterocycles. The minimum atomic E-state index is -0.642. The van der Waals surface area contributed by atoms with E-state index in [1.165, 1.54) is 50.8 Å². The molecule has 0 unspecified atom stereocenters. The lowest BCUT2D eigenvalue weighted by molar-refractivity contribution is -0.111. The third-order valence-electron chi connectivity index (χ3n) is 3.05. The van der Waals surface area contributed by atoms with Crippen LogP contribution >= 0.6 is 0 Å². The van der Waals surface area contributed by atoms with E-state index in [0.29, 0.717) is 5.76 Å². The highest BCUT2D eigenvalue weighted by Gasteiger charge is 2.16. The van der Waals surface area contributed by atoms with Crippen molar-refractivity contribution in [2.24, 2.45) is 0 Å². The van der Waals surface area contributed by atoms with Gasteiger partial charge < -0.3 is 19.2 Å². The second kappa shape index (κ2) is 7.77. The molecule has 0 saturated heterocycles. The molecule has 24 heavy (non-hydrogen) atoms. The zero-order chi connectivity index (χ0) is 17.5. The first-order chi connectivity index (χ1) is 11.5. The van der Waals surface area contributed by atoms with E-state index in [1.807, 2.05) is 0 Å². The van der Waals surface area contributed by atoms with Crippen LogP contribution in [0, 0.1) is 0 Å². The minimum absolute atomic E-state index is 0.116. The molecule has 0 bridgehead atoms. The maximum atomic E-state index is 12.0. The zero-order valence-electron chi connectivity index (χ0n) is 13.1. The van der Waals surface area contributed by atoms with Crippen molar-refractivity contribution in [3.8, 4) is 0 Å². The Hall–Kier alpha value is -3.35. The summed E-state index contributed by atoms with van der Waals surface area (Å²) < 4.78 is 14.4. The predicted molar refractivity (Wildman–Crippen MR) is 85.5 cm³/mol. The smallest absolute Gasteiger partial charge is 0.339 e. The van der Waals surface area contributed by atoms with Gasteiger partial charge in [0.2, 0.25) is 5.91 Å². The van der Waals surface area contributed by atoms with E-state index in [9.17, 15) is 14.4 Å². The van der Waals surface area contributed by atoms with Crippen molar-refractivity contribution in [3.05, 3.63) is 59.6 Å². The van der Waals surface area contributed by atoms with Gasteiger partial charge >= 0.3 is 11.9 Å². The second-order valence-corrected chi connectivity index (χ2v) is 4.58. The number of furan rings is 1. The molecular formula is C17H15NO6. The maximum absolute atomic E-state index is 12.0. The van der Waals surface area contributed by atoms with E-state index in [-0.39, 0.29) is 16.8 Å². The normalized spacial score (nSPS) is 10.4. The first-order valence-corrected chi connectivity index (χ1v) is 6.88. The molecule has 0 aliphatic carbocycles. The summed E-state index contributed by atoms with van der Waals surface area (Å²) in [7, 11) is 2.46. The fourth-order valence-corrected chi connectivity index (χ4v) is 1.90. The van der Waals surface area contributed by atoms with E-state index >= 15 is 0 Å². The Kier molecular flexibility index (Phi) is 5.51. The van der Waals surface area contributed by atoms with Crippen molar-refractivity contribution in [1.29, 1.82) is 0 Å². The molecule has 1 aromatic carbocycles. The molecule has 1 amide bonds. The molecule has 1 heterocycles. The van der Waals surface area contributed by atoms with Gasteiger partial charge in [0.05, 0.1) is 37.3 Å². The number of benzene rings is 1. The van der Waals surface area contributed by atoms with Gasteiger partial charge in [0.15, 0.2) is 0 Å². The van der Waals surface area contributed by atoms with Gasteiger partial charge in [-0.2, -0.15) is 0 Å². The van der Waals surface area contributed by atoms with Crippen molar-refractivity contribution in [3.63, 3.8) is 0 Å². The van der Waals surface area contributed by atoms with Gasteiger partial charge in [-0.1, -0.05) is 0 Å². The summed E-state index contributed by atoms with van der Waals surface area (Å²) in [5.41, 5.74) is 0.444. The topological polar surface area (TPSA) is 94.8 Å². The third-order valence-corrected chi connectivity index (χ3v) is 3.05. The lowest BCUT2D eigenvalue weighted by atomic mass is 10.1. The van der Waals surface area contributed by atoms with Gasteiger partial charge in [-0.3, -0.25) is 4.79 Å². The summed E-state index contributed by atoms with van der Waals surface area (Å²) in [6.07, 6.45) is 4.19. The molecule has 124 valence electrons. The van der Waals surface area contributed by atoms with E-state index in [4.69, 9.17) is 4.42 Å². The minimum Gasteiger partial charge on any atom is -0.465 e. The molecule has 0 spiro atoms. The average molecular weight is 329 g/mol. The number of rotatable bonds is 5. The molecular weight excluding hydrogens is 314 g/mol. The number of amides is 1. The number of carbonyl (C=O) groups excluding carboxylic acids is 3. The van der Waals surface area contributed by atoms with Gasteiger partial charge in [0.25, 0.3) is 0 Å². The Labute approximate surface area is 137 Å². The summed E-state index contributed by atoms with van der Waals surface area (Å²) in [6, 6.07) is 7.50. The molecule has 0 aliphatic rings. The van der Waals surface area contributed by atoms with Crippen LogP contribution < -0.4 is 5.32 Å². The summed E-state index contributed by atoms with van der Waals surface area (Å²) >= 11 is 0. The van der Waals surface area contributed by atoms with Crippen molar-refractivity contribution in [1.82, 2.24) is 0 Å². The Bertz CT molecular complexity index is 776. The lowest BCUT2D eigenvalue weighted by Gasteiger charge is -2.10. The molecule has 7 nitrogen and oxygen atoms in total. The van der Waals surface area contributed by atoms with Crippen molar-refractivity contribution in [2.45, 2.75) is 0 Å². The number of ether oxygens (including phenoxy) is 2. The van der Waals surface area contributed by atoms with Crippen LogP contribution in [0.25, 0.3) is 6.08 Å². The van der Waals surface area contributed by atoms with E-state index in [2.05, 4.69) is 14.8 Å². The van der Waals surface area contributed by atoms with Crippen LogP contribution in [0.1, 0.15) is 26.5 Å². The van der Waals surface area contributed by atoms with Gasteiger partial charge in [-0.25, -0.2) is 9.59 Å². The maximum Gasteiger partial charge on any atom is 0.339 e. The first kappa shape index (κ1) is 17.0. The molecule has 0 fully saturated rings. The van der Waals surface area contributed by atoms with Crippen LogP contribution in [0.15, 0.2) is 47.1 Å². The summed E-state index contributed by atoms with van der Waals surface area (Å²) in [5.74, 6) is -1.23.